The van der Waals surface area contributed by atoms with E-state index in [0.29, 0.717) is 0 Å². The van der Waals surface area contributed by atoms with Crippen LogP contribution in [0.1, 0.15) is 18.4 Å². The van der Waals surface area contributed by atoms with Gasteiger partial charge in [0.2, 0.25) is 10.0 Å². The maximum Gasteiger partial charge on any atom is 0.303 e. The molecule has 5 nitrogen and oxygen atoms in total. The molecule has 1 aromatic rings. The maximum atomic E-state index is 13.6. The van der Waals surface area contributed by atoms with Crippen LogP contribution < -0.4 is 4.72 Å². The molecule has 0 radical (unpaired) electrons. The lowest BCUT2D eigenvalue weighted by Crippen LogP contribution is -2.26. The molecule has 0 saturated carbocycles. The van der Waals surface area contributed by atoms with Crippen LogP contribution in [-0.2, 0) is 14.8 Å². The summed E-state index contributed by atoms with van der Waals surface area (Å²) in [6, 6.07) is 4.09. The third-order valence-corrected chi connectivity index (χ3v) is 3.78. The van der Waals surface area contributed by atoms with Gasteiger partial charge in [0.15, 0.2) is 0 Å². The molecule has 1 aromatic carbocycles. The number of aryl methyl sites for hydroxylation is 1. The predicted molar refractivity (Wildman–Crippen MR) is 63.2 cm³/mol. The normalized spacial score (nSPS) is 11.4. The van der Waals surface area contributed by atoms with Crippen LogP contribution in [0.3, 0.4) is 0 Å². The summed E-state index contributed by atoms with van der Waals surface area (Å²) in [5, 5.41) is 8.40. The van der Waals surface area contributed by atoms with Gasteiger partial charge in [-0.25, -0.2) is 17.5 Å². The number of carboxylic acid groups (broad SMARTS) is 1. The molecule has 1 rings (SSSR count). The first kappa shape index (κ1) is 14.6. The van der Waals surface area contributed by atoms with Crippen LogP contribution in [0.4, 0.5) is 4.39 Å². The Morgan fingerprint density at radius 2 is 2.11 bits per heavy atom. The van der Waals surface area contributed by atoms with E-state index >= 15 is 0 Å². The molecule has 0 bridgehead atoms. The maximum absolute atomic E-state index is 13.6. The zero-order valence-electron chi connectivity index (χ0n) is 9.81. The van der Waals surface area contributed by atoms with Crippen LogP contribution in [0.5, 0.6) is 0 Å². The Morgan fingerprint density at radius 3 is 2.72 bits per heavy atom. The molecule has 100 valence electrons. The van der Waals surface area contributed by atoms with Gasteiger partial charge in [-0.15, -0.1) is 0 Å². The van der Waals surface area contributed by atoms with Gasteiger partial charge in [0.1, 0.15) is 10.7 Å². The van der Waals surface area contributed by atoms with E-state index in [-0.39, 0.29) is 24.9 Å². The Hall–Kier alpha value is -1.47. The fraction of sp³-hybridized carbons (Fsp3) is 0.364. The quantitative estimate of drug-likeness (QED) is 0.766. The highest BCUT2D eigenvalue weighted by Gasteiger charge is 2.19. The third-order valence-electron chi connectivity index (χ3n) is 2.31. The highest BCUT2D eigenvalue weighted by atomic mass is 32.2. The number of rotatable bonds is 6. The topological polar surface area (TPSA) is 83.5 Å². The van der Waals surface area contributed by atoms with Gasteiger partial charge in [-0.05, 0) is 25.0 Å². The molecule has 0 saturated heterocycles. The standard InChI is InChI=1S/C11H14FNO4S/c1-8-4-2-5-9(11(8)12)18(16,17)13-7-3-6-10(14)15/h2,4-5,13H,3,6-7H2,1H3,(H,14,15). The monoisotopic (exact) mass is 275 g/mol. The highest BCUT2D eigenvalue weighted by molar-refractivity contribution is 7.89. The first-order valence-electron chi connectivity index (χ1n) is 5.31. The minimum Gasteiger partial charge on any atom is -0.481 e. The minimum absolute atomic E-state index is 0.0397. The van der Waals surface area contributed by atoms with Crippen molar-refractivity contribution >= 4 is 16.0 Å². The van der Waals surface area contributed by atoms with Gasteiger partial charge in [0.25, 0.3) is 0 Å². The molecule has 0 aliphatic carbocycles. The Balaban J connectivity index is 2.75. The van der Waals surface area contributed by atoms with Crippen LogP contribution in [0.2, 0.25) is 0 Å². The number of hydrogen-bond acceptors (Lipinski definition) is 3. The van der Waals surface area contributed by atoms with E-state index in [2.05, 4.69) is 4.72 Å². The lowest BCUT2D eigenvalue weighted by atomic mass is 10.2. The molecule has 0 aromatic heterocycles. The van der Waals surface area contributed by atoms with Gasteiger partial charge in [-0.1, -0.05) is 12.1 Å². The van der Waals surface area contributed by atoms with Gasteiger partial charge >= 0.3 is 5.97 Å². The summed E-state index contributed by atoms with van der Waals surface area (Å²) >= 11 is 0. The van der Waals surface area contributed by atoms with Gasteiger partial charge in [-0.3, -0.25) is 4.79 Å². The first-order chi connectivity index (χ1) is 8.34. The Morgan fingerprint density at radius 1 is 1.44 bits per heavy atom. The summed E-state index contributed by atoms with van der Waals surface area (Å²) in [5.41, 5.74) is 0.239. The minimum atomic E-state index is -3.93. The van der Waals surface area contributed by atoms with E-state index in [4.69, 9.17) is 5.11 Å². The Kier molecular flexibility index (Phi) is 4.80. The molecular formula is C11H14FNO4S. The van der Waals surface area contributed by atoms with Crippen molar-refractivity contribution in [2.75, 3.05) is 6.54 Å². The fourth-order valence-electron chi connectivity index (χ4n) is 1.35. The van der Waals surface area contributed by atoms with Gasteiger partial charge in [-0.2, -0.15) is 0 Å². The zero-order valence-corrected chi connectivity index (χ0v) is 10.6. The van der Waals surface area contributed by atoms with Gasteiger partial charge in [0.05, 0.1) is 0 Å². The van der Waals surface area contributed by atoms with E-state index < -0.39 is 26.7 Å². The number of aliphatic carboxylic acids is 1. The van der Waals surface area contributed by atoms with Crippen molar-refractivity contribution in [3.63, 3.8) is 0 Å². The molecule has 0 amide bonds. The van der Waals surface area contributed by atoms with E-state index in [9.17, 15) is 17.6 Å². The first-order valence-corrected chi connectivity index (χ1v) is 6.79. The number of carbonyl (C=O) groups is 1. The lowest BCUT2D eigenvalue weighted by Gasteiger charge is -2.08. The van der Waals surface area contributed by atoms with Crippen LogP contribution in [0, 0.1) is 12.7 Å². The summed E-state index contributed by atoms with van der Waals surface area (Å²) < 4.78 is 39.3. The molecule has 7 heteroatoms. The third kappa shape index (κ3) is 3.78. The predicted octanol–water partition coefficient (Wildman–Crippen LogP) is 1.28. The van der Waals surface area contributed by atoms with Crippen molar-refractivity contribution in [3.05, 3.63) is 29.6 Å². The molecule has 0 heterocycles. The lowest BCUT2D eigenvalue weighted by molar-refractivity contribution is -0.137. The molecular weight excluding hydrogens is 261 g/mol. The SMILES string of the molecule is Cc1cccc(S(=O)(=O)NCCCC(=O)O)c1F. The summed E-state index contributed by atoms with van der Waals surface area (Å²) in [6.45, 7) is 1.43. The molecule has 0 unspecified atom stereocenters. The number of hydrogen-bond donors (Lipinski definition) is 2. The largest absolute Gasteiger partial charge is 0.481 e. The molecule has 18 heavy (non-hydrogen) atoms. The van der Waals surface area contributed by atoms with Gasteiger partial charge < -0.3 is 5.11 Å². The molecule has 0 aliphatic rings. The van der Waals surface area contributed by atoms with Crippen LogP contribution in [0.15, 0.2) is 23.1 Å². The fourth-order valence-corrected chi connectivity index (χ4v) is 2.58. The molecule has 0 aliphatic heterocycles. The van der Waals surface area contributed by atoms with Crippen LogP contribution in [0.25, 0.3) is 0 Å². The van der Waals surface area contributed by atoms with Crippen molar-refractivity contribution in [1.82, 2.24) is 4.72 Å². The van der Waals surface area contributed by atoms with Crippen molar-refractivity contribution < 1.29 is 22.7 Å². The van der Waals surface area contributed by atoms with Crippen molar-refractivity contribution in [3.8, 4) is 0 Å². The van der Waals surface area contributed by atoms with Crippen molar-refractivity contribution in [2.45, 2.75) is 24.7 Å². The Labute approximate surface area is 105 Å². The Bertz CT molecular complexity index is 542. The van der Waals surface area contributed by atoms with Crippen molar-refractivity contribution in [1.29, 1.82) is 0 Å². The van der Waals surface area contributed by atoms with Crippen LogP contribution >= 0.6 is 0 Å². The van der Waals surface area contributed by atoms with E-state index in [1.54, 1.807) is 0 Å². The molecule has 0 atom stereocenters. The number of nitrogens with one attached hydrogen (secondary N) is 1. The van der Waals surface area contributed by atoms with E-state index in [1.165, 1.54) is 25.1 Å². The van der Waals surface area contributed by atoms with E-state index in [1.807, 2.05) is 0 Å². The summed E-state index contributed by atoms with van der Waals surface area (Å²) in [5.74, 6) is -1.79. The number of benzene rings is 1. The highest BCUT2D eigenvalue weighted by Crippen LogP contribution is 2.16. The smallest absolute Gasteiger partial charge is 0.303 e. The molecule has 0 spiro atoms. The number of carboxylic acids is 1. The molecule has 0 fully saturated rings. The molecule has 2 N–H and O–H groups in total. The summed E-state index contributed by atoms with van der Waals surface area (Å²) in [7, 11) is -3.93. The van der Waals surface area contributed by atoms with Gasteiger partial charge in [0, 0.05) is 13.0 Å². The average Bonchev–Trinajstić information content (AvgIpc) is 2.28. The second-order valence-electron chi connectivity index (χ2n) is 3.78. The van der Waals surface area contributed by atoms with E-state index in [0.717, 1.165) is 0 Å². The second kappa shape index (κ2) is 5.92. The zero-order chi connectivity index (χ0) is 13.8. The second-order valence-corrected chi connectivity index (χ2v) is 5.52. The van der Waals surface area contributed by atoms with Crippen molar-refractivity contribution in [2.24, 2.45) is 0 Å². The number of sulfonamides is 1. The average molecular weight is 275 g/mol. The summed E-state index contributed by atoms with van der Waals surface area (Å²) in [6.07, 6.45) is 0.0147. The summed E-state index contributed by atoms with van der Waals surface area (Å²) in [4.78, 5) is 9.84. The van der Waals surface area contributed by atoms with Crippen LogP contribution in [-0.4, -0.2) is 26.0 Å². The number of halogens is 1.